The fourth-order valence-corrected chi connectivity index (χ4v) is 1.35. The predicted octanol–water partition coefficient (Wildman–Crippen LogP) is 2.70. The van der Waals surface area contributed by atoms with Crippen LogP contribution in [0.2, 0.25) is 0 Å². The molecular formula is C12H15FO3. The zero-order valence-electron chi connectivity index (χ0n) is 9.62. The number of methoxy groups -OCH3 is 1. The van der Waals surface area contributed by atoms with Gasteiger partial charge in [-0.2, -0.15) is 4.94 Å². The first-order valence-electron chi connectivity index (χ1n) is 4.93. The summed E-state index contributed by atoms with van der Waals surface area (Å²) in [7, 11) is 1.57. The van der Waals surface area contributed by atoms with Crippen LogP contribution in [-0.2, 0) is 16.3 Å². The van der Waals surface area contributed by atoms with E-state index in [1.807, 2.05) is 6.07 Å². The summed E-state index contributed by atoms with van der Waals surface area (Å²) >= 11 is 0. The topological polar surface area (TPSA) is 35.5 Å². The van der Waals surface area contributed by atoms with Gasteiger partial charge in [-0.3, -0.25) is 4.79 Å². The summed E-state index contributed by atoms with van der Waals surface area (Å²) in [6, 6.07) is 6.87. The summed E-state index contributed by atoms with van der Waals surface area (Å²) in [5, 5.41) is 0. The van der Waals surface area contributed by atoms with Gasteiger partial charge in [-0.15, -0.1) is 0 Å². The second-order valence-corrected chi connectivity index (χ2v) is 4.05. The van der Waals surface area contributed by atoms with Gasteiger partial charge in [0.15, 0.2) is 11.4 Å². The number of hydrogen-bond acceptors (Lipinski definition) is 3. The van der Waals surface area contributed by atoms with Crippen molar-refractivity contribution in [3.05, 3.63) is 35.4 Å². The first kappa shape index (κ1) is 12.8. The van der Waals surface area contributed by atoms with Crippen LogP contribution in [0.4, 0.5) is 4.53 Å². The molecule has 0 saturated heterocycles. The minimum absolute atomic E-state index is 0.395. The largest absolute Gasteiger partial charge is 0.380 e. The van der Waals surface area contributed by atoms with Crippen molar-refractivity contribution in [1.29, 1.82) is 0 Å². The Morgan fingerprint density at radius 3 is 2.69 bits per heavy atom. The van der Waals surface area contributed by atoms with Gasteiger partial charge >= 0.3 is 0 Å². The van der Waals surface area contributed by atoms with Crippen LogP contribution >= 0.6 is 0 Å². The number of halogens is 1. The molecule has 0 aliphatic rings. The number of rotatable bonds is 5. The Morgan fingerprint density at radius 2 is 2.12 bits per heavy atom. The first-order chi connectivity index (χ1) is 7.51. The molecule has 88 valence electrons. The Hall–Kier alpha value is -1.26. The molecule has 1 aromatic rings. The van der Waals surface area contributed by atoms with Gasteiger partial charge in [-0.1, -0.05) is 18.2 Å². The van der Waals surface area contributed by atoms with Crippen LogP contribution in [-0.4, -0.2) is 18.5 Å². The molecule has 0 unspecified atom stereocenters. The highest BCUT2D eigenvalue weighted by Gasteiger charge is 2.31. The third kappa shape index (κ3) is 2.87. The molecule has 0 saturated carbocycles. The fourth-order valence-electron chi connectivity index (χ4n) is 1.35. The summed E-state index contributed by atoms with van der Waals surface area (Å²) in [5.74, 6) is -0.395. The second kappa shape index (κ2) is 5.18. The van der Waals surface area contributed by atoms with Crippen molar-refractivity contribution in [2.45, 2.75) is 26.1 Å². The monoisotopic (exact) mass is 226 g/mol. The molecule has 0 bridgehead atoms. The van der Waals surface area contributed by atoms with E-state index in [2.05, 4.69) is 4.94 Å². The van der Waals surface area contributed by atoms with E-state index in [0.29, 0.717) is 12.2 Å². The summed E-state index contributed by atoms with van der Waals surface area (Å²) in [6.45, 7) is 3.19. The number of carbonyl (C=O) groups excluding carboxylic acids is 1. The van der Waals surface area contributed by atoms with Crippen molar-refractivity contribution in [3.8, 4) is 0 Å². The van der Waals surface area contributed by atoms with Crippen molar-refractivity contribution < 1.29 is 19.0 Å². The average Bonchev–Trinajstić information content (AvgIpc) is 2.29. The van der Waals surface area contributed by atoms with Gasteiger partial charge in [0.1, 0.15) is 0 Å². The van der Waals surface area contributed by atoms with Gasteiger partial charge in [-0.25, -0.2) is 0 Å². The second-order valence-electron chi connectivity index (χ2n) is 4.05. The highest BCUT2D eigenvalue weighted by molar-refractivity contribution is 6.02. The van der Waals surface area contributed by atoms with E-state index in [1.54, 1.807) is 25.3 Å². The summed E-state index contributed by atoms with van der Waals surface area (Å²) in [4.78, 5) is 15.5. The molecule has 0 heterocycles. The number of Topliss-reactive ketones (excluding diaryl/α,β-unsaturated/α-hetero) is 1. The lowest BCUT2D eigenvalue weighted by atomic mass is 9.96. The van der Waals surface area contributed by atoms with Gasteiger partial charge in [0.2, 0.25) is 0 Å². The maximum absolute atomic E-state index is 12.2. The van der Waals surface area contributed by atoms with Crippen molar-refractivity contribution in [3.63, 3.8) is 0 Å². The van der Waals surface area contributed by atoms with Crippen LogP contribution < -0.4 is 0 Å². The SMILES string of the molecule is COCc1cccc(C(=O)C(C)(C)OF)c1. The lowest BCUT2D eigenvalue weighted by Gasteiger charge is -2.17. The number of carbonyl (C=O) groups is 1. The molecule has 0 fully saturated rings. The number of ketones is 1. The predicted molar refractivity (Wildman–Crippen MR) is 57.8 cm³/mol. The number of ether oxygens (including phenoxy) is 1. The fraction of sp³-hybridized carbons (Fsp3) is 0.417. The average molecular weight is 226 g/mol. The molecule has 0 amide bonds. The van der Waals surface area contributed by atoms with Gasteiger partial charge in [-0.05, 0) is 30.0 Å². The number of benzene rings is 1. The van der Waals surface area contributed by atoms with E-state index >= 15 is 0 Å². The van der Waals surface area contributed by atoms with Crippen LogP contribution in [0.3, 0.4) is 0 Å². The van der Waals surface area contributed by atoms with Gasteiger partial charge in [0.05, 0.1) is 6.61 Å². The van der Waals surface area contributed by atoms with Crippen LogP contribution in [0.1, 0.15) is 29.8 Å². The zero-order valence-corrected chi connectivity index (χ0v) is 9.62. The van der Waals surface area contributed by atoms with Gasteiger partial charge < -0.3 is 4.74 Å². The molecule has 3 nitrogen and oxygen atoms in total. The molecule has 0 atom stereocenters. The molecule has 4 heteroatoms. The van der Waals surface area contributed by atoms with Crippen molar-refractivity contribution in [2.75, 3.05) is 7.11 Å². The maximum Gasteiger partial charge on any atom is 0.197 e. The normalized spacial score (nSPS) is 11.5. The van der Waals surface area contributed by atoms with Crippen molar-refractivity contribution in [2.24, 2.45) is 0 Å². The third-order valence-corrected chi connectivity index (χ3v) is 2.24. The smallest absolute Gasteiger partial charge is 0.197 e. The molecule has 1 rings (SSSR count). The summed E-state index contributed by atoms with van der Waals surface area (Å²) < 4.78 is 17.2. The van der Waals surface area contributed by atoms with Crippen LogP contribution in [0.15, 0.2) is 24.3 Å². The molecule has 0 aliphatic carbocycles. The Kier molecular flexibility index (Phi) is 4.15. The summed E-state index contributed by atoms with van der Waals surface area (Å²) in [6.07, 6.45) is 0. The van der Waals surface area contributed by atoms with E-state index in [0.717, 1.165) is 5.56 Å². The van der Waals surface area contributed by atoms with Crippen molar-refractivity contribution >= 4 is 5.78 Å². The number of hydrogen-bond donors (Lipinski definition) is 0. The molecule has 1 aromatic carbocycles. The van der Waals surface area contributed by atoms with Crippen LogP contribution in [0.25, 0.3) is 0 Å². The standard InChI is InChI=1S/C12H15FO3/c1-12(2,16-13)11(14)10-6-4-5-9(7-10)8-15-3/h4-7H,8H2,1-3H3. The molecule has 16 heavy (non-hydrogen) atoms. The molecular weight excluding hydrogens is 211 g/mol. The lowest BCUT2D eigenvalue weighted by Crippen LogP contribution is -2.32. The van der Waals surface area contributed by atoms with Crippen LogP contribution in [0, 0.1) is 0 Å². The maximum atomic E-state index is 12.2. The molecule has 0 N–H and O–H groups in total. The van der Waals surface area contributed by atoms with E-state index in [4.69, 9.17) is 4.74 Å². The van der Waals surface area contributed by atoms with Gasteiger partial charge in [0, 0.05) is 12.7 Å². The van der Waals surface area contributed by atoms with Crippen molar-refractivity contribution in [1.82, 2.24) is 0 Å². The van der Waals surface area contributed by atoms with E-state index < -0.39 is 11.4 Å². The van der Waals surface area contributed by atoms with E-state index in [9.17, 15) is 9.32 Å². The minimum Gasteiger partial charge on any atom is -0.380 e. The molecule has 0 radical (unpaired) electrons. The zero-order chi connectivity index (χ0) is 12.2. The molecule has 0 spiro atoms. The Labute approximate surface area is 94.1 Å². The Bertz CT molecular complexity index is 374. The minimum atomic E-state index is -1.45. The third-order valence-electron chi connectivity index (χ3n) is 2.24. The van der Waals surface area contributed by atoms with E-state index in [-0.39, 0.29) is 0 Å². The van der Waals surface area contributed by atoms with Crippen LogP contribution in [0.5, 0.6) is 0 Å². The highest BCUT2D eigenvalue weighted by Crippen LogP contribution is 2.18. The molecule has 0 aliphatic heterocycles. The lowest BCUT2D eigenvalue weighted by molar-refractivity contribution is -0.199. The Morgan fingerprint density at radius 1 is 1.44 bits per heavy atom. The van der Waals surface area contributed by atoms with Gasteiger partial charge in [0.25, 0.3) is 0 Å². The first-order valence-corrected chi connectivity index (χ1v) is 4.93. The summed E-state index contributed by atoms with van der Waals surface area (Å²) in [5.41, 5.74) is -0.175. The highest BCUT2D eigenvalue weighted by atomic mass is 19.3. The molecule has 0 aromatic heterocycles. The Balaban J connectivity index is 2.96. The van der Waals surface area contributed by atoms with E-state index in [1.165, 1.54) is 13.8 Å². The quantitative estimate of drug-likeness (QED) is 0.724.